The highest BCUT2D eigenvalue weighted by Gasteiger charge is 2.10. The zero-order valence-electron chi connectivity index (χ0n) is 14.1. The number of carbonyl (C=O) groups excluding carboxylic acids is 2. The number of methoxy groups -OCH3 is 1. The van der Waals surface area contributed by atoms with Crippen molar-refractivity contribution in [2.45, 2.75) is 20.3 Å². The molecule has 0 aliphatic rings. The van der Waals surface area contributed by atoms with E-state index in [1.54, 1.807) is 31.4 Å². The summed E-state index contributed by atoms with van der Waals surface area (Å²) in [6, 6.07) is 12.9. The number of amides is 1. The van der Waals surface area contributed by atoms with Crippen molar-refractivity contribution in [1.29, 1.82) is 0 Å². The Balaban J connectivity index is 1.84. The van der Waals surface area contributed by atoms with Crippen molar-refractivity contribution in [3.05, 3.63) is 59.2 Å². The SMILES string of the molecule is COc1cccc(CC(=O)OCC(=O)Nc2cc(C)ccc2C)c1. The summed E-state index contributed by atoms with van der Waals surface area (Å²) < 4.78 is 10.1. The number of hydrogen-bond acceptors (Lipinski definition) is 4. The zero-order chi connectivity index (χ0) is 17.5. The third kappa shape index (κ3) is 5.12. The molecule has 0 heterocycles. The fraction of sp³-hybridized carbons (Fsp3) is 0.263. The first-order valence-electron chi connectivity index (χ1n) is 7.63. The van der Waals surface area contributed by atoms with Gasteiger partial charge in [-0.05, 0) is 48.7 Å². The van der Waals surface area contributed by atoms with Gasteiger partial charge < -0.3 is 14.8 Å². The van der Waals surface area contributed by atoms with E-state index in [9.17, 15) is 9.59 Å². The lowest BCUT2D eigenvalue weighted by atomic mass is 10.1. The van der Waals surface area contributed by atoms with Crippen LogP contribution in [0, 0.1) is 13.8 Å². The number of ether oxygens (including phenoxy) is 2. The standard InChI is InChI=1S/C19H21NO4/c1-13-7-8-14(2)17(9-13)20-18(21)12-24-19(22)11-15-5-4-6-16(10-15)23-3/h4-10H,11-12H2,1-3H3,(H,20,21). The van der Waals surface area contributed by atoms with Crippen LogP contribution in [0.5, 0.6) is 5.75 Å². The highest BCUT2D eigenvalue weighted by atomic mass is 16.5. The Morgan fingerprint density at radius 2 is 1.88 bits per heavy atom. The molecular formula is C19H21NO4. The van der Waals surface area contributed by atoms with E-state index in [0.29, 0.717) is 5.75 Å². The van der Waals surface area contributed by atoms with Crippen LogP contribution in [0.2, 0.25) is 0 Å². The van der Waals surface area contributed by atoms with E-state index in [4.69, 9.17) is 9.47 Å². The normalized spacial score (nSPS) is 10.1. The first-order chi connectivity index (χ1) is 11.5. The maximum atomic E-state index is 11.9. The van der Waals surface area contributed by atoms with E-state index >= 15 is 0 Å². The van der Waals surface area contributed by atoms with Gasteiger partial charge in [-0.15, -0.1) is 0 Å². The van der Waals surface area contributed by atoms with Crippen LogP contribution in [0.25, 0.3) is 0 Å². The van der Waals surface area contributed by atoms with Gasteiger partial charge in [-0.3, -0.25) is 9.59 Å². The van der Waals surface area contributed by atoms with Crippen molar-refractivity contribution in [3.63, 3.8) is 0 Å². The average Bonchev–Trinajstić information content (AvgIpc) is 2.56. The summed E-state index contributed by atoms with van der Waals surface area (Å²) in [7, 11) is 1.56. The van der Waals surface area contributed by atoms with Crippen LogP contribution < -0.4 is 10.1 Å². The summed E-state index contributed by atoms with van der Waals surface area (Å²) >= 11 is 0. The molecule has 0 saturated heterocycles. The molecule has 2 aromatic rings. The van der Waals surface area contributed by atoms with Crippen molar-refractivity contribution < 1.29 is 19.1 Å². The molecule has 24 heavy (non-hydrogen) atoms. The largest absolute Gasteiger partial charge is 0.497 e. The minimum atomic E-state index is -0.459. The third-order valence-corrected chi connectivity index (χ3v) is 3.51. The monoisotopic (exact) mass is 327 g/mol. The topological polar surface area (TPSA) is 64.6 Å². The van der Waals surface area contributed by atoms with Crippen molar-refractivity contribution >= 4 is 17.6 Å². The summed E-state index contributed by atoms with van der Waals surface area (Å²) in [5.41, 5.74) is 3.50. The number of esters is 1. The van der Waals surface area contributed by atoms with Gasteiger partial charge in [-0.1, -0.05) is 24.3 Å². The molecule has 2 rings (SSSR count). The minimum absolute atomic E-state index is 0.0912. The van der Waals surface area contributed by atoms with Gasteiger partial charge in [0.1, 0.15) is 5.75 Å². The molecule has 0 spiro atoms. The lowest BCUT2D eigenvalue weighted by Gasteiger charge is -2.10. The number of rotatable bonds is 6. The van der Waals surface area contributed by atoms with Crippen LogP contribution in [-0.2, 0) is 20.7 Å². The molecule has 0 radical (unpaired) electrons. The van der Waals surface area contributed by atoms with Crippen LogP contribution in [0.1, 0.15) is 16.7 Å². The van der Waals surface area contributed by atoms with Crippen LogP contribution in [0.15, 0.2) is 42.5 Å². The summed E-state index contributed by atoms with van der Waals surface area (Å²) in [5, 5.41) is 2.75. The second-order valence-electron chi connectivity index (χ2n) is 5.56. The molecule has 0 fully saturated rings. The Morgan fingerprint density at radius 3 is 2.62 bits per heavy atom. The Labute approximate surface area is 141 Å². The van der Waals surface area contributed by atoms with E-state index in [1.165, 1.54) is 0 Å². The highest BCUT2D eigenvalue weighted by Crippen LogP contribution is 2.16. The van der Waals surface area contributed by atoms with Gasteiger partial charge in [0.05, 0.1) is 13.5 Å². The molecule has 0 atom stereocenters. The van der Waals surface area contributed by atoms with Crippen LogP contribution in [0.3, 0.4) is 0 Å². The van der Waals surface area contributed by atoms with Crippen molar-refractivity contribution in [3.8, 4) is 5.75 Å². The molecule has 126 valence electrons. The first kappa shape index (κ1) is 17.5. The van der Waals surface area contributed by atoms with Gasteiger partial charge in [-0.2, -0.15) is 0 Å². The predicted octanol–water partition coefficient (Wildman–Crippen LogP) is 3.04. The molecule has 1 amide bonds. The predicted molar refractivity (Wildman–Crippen MR) is 92.2 cm³/mol. The fourth-order valence-corrected chi connectivity index (χ4v) is 2.20. The quantitative estimate of drug-likeness (QED) is 0.828. The lowest BCUT2D eigenvalue weighted by Crippen LogP contribution is -2.22. The van der Waals surface area contributed by atoms with Crippen LogP contribution >= 0.6 is 0 Å². The molecule has 1 N–H and O–H groups in total. The van der Waals surface area contributed by atoms with Gasteiger partial charge in [0.25, 0.3) is 5.91 Å². The van der Waals surface area contributed by atoms with E-state index in [-0.39, 0.29) is 18.9 Å². The number of nitrogens with one attached hydrogen (secondary N) is 1. The second-order valence-corrected chi connectivity index (χ2v) is 5.56. The zero-order valence-corrected chi connectivity index (χ0v) is 14.1. The van der Waals surface area contributed by atoms with E-state index in [2.05, 4.69) is 5.32 Å². The molecule has 0 bridgehead atoms. The molecule has 2 aromatic carbocycles. The van der Waals surface area contributed by atoms with Crippen molar-refractivity contribution in [1.82, 2.24) is 0 Å². The van der Waals surface area contributed by atoms with Crippen LogP contribution in [0.4, 0.5) is 5.69 Å². The van der Waals surface area contributed by atoms with Gasteiger partial charge in [0.2, 0.25) is 0 Å². The van der Waals surface area contributed by atoms with Crippen molar-refractivity contribution in [2.24, 2.45) is 0 Å². The van der Waals surface area contributed by atoms with Gasteiger partial charge >= 0.3 is 5.97 Å². The maximum absolute atomic E-state index is 11.9. The Morgan fingerprint density at radius 1 is 1.08 bits per heavy atom. The summed E-state index contributed by atoms with van der Waals surface area (Å²) in [5.74, 6) is -0.143. The molecule has 5 heteroatoms. The number of hydrogen-bond donors (Lipinski definition) is 1. The lowest BCUT2D eigenvalue weighted by molar-refractivity contribution is -0.146. The average molecular weight is 327 g/mol. The summed E-state index contributed by atoms with van der Waals surface area (Å²) in [6.45, 7) is 3.54. The number of carbonyl (C=O) groups is 2. The summed E-state index contributed by atoms with van der Waals surface area (Å²) in [6.07, 6.45) is 0.0912. The Hall–Kier alpha value is -2.82. The Kier molecular flexibility index (Phi) is 5.95. The maximum Gasteiger partial charge on any atom is 0.310 e. The van der Waals surface area contributed by atoms with E-state index in [1.807, 2.05) is 32.0 Å². The molecule has 0 aliphatic carbocycles. The smallest absolute Gasteiger partial charge is 0.310 e. The Bertz CT molecular complexity index is 740. The number of aryl methyl sites for hydroxylation is 2. The molecule has 0 aliphatic heterocycles. The van der Waals surface area contributed by atoms with Gasteiger partial charge in [-0.25, -0.2) is 0 Å². The minimum Gasteiger partial charge on any atom is -0.497 e. The first-order valence-corrected chi connectivity index (χ1v) is 7.63. The third-order valence-electron chi connectivity index (χ3n) is 3.51. The van der Waals surface area contributed by atoms with Crippen molar-refractivity contribution in [2.75, 3.05) is 19.0 Å². The molecule has 0 aromatic heterocycles. The van der Waals surface area contributed by atoms with Gasteiger partial charge in [0, 0.05) is 5.69 Å². The molecule has 0 saturated carbocycles. The van der Waals surface area contributed by atoms with E-state index < -0.39 is 5.97 Å². The highest BCUT2D eigenvalue weighted by molar-refractivity contribution is 5.93. The number of anilines is 1. The fourth-order valence-electron chi connectivity index (χ4n) is 2.20. The van der Waals surface area contributed by atoms with Crippen LogP contribution in [-0.4, -0.2) is 25.6 Å². The van der Waals surface area contributed by atoms with E-state index in [0.717, 1.165) is 22.4 Å². The molecule has 5 nitrogen and oxygen atoms in total. The molecule has 0 unspecified atom stereocenters. The number of benzene rings is 2. The summed E-state index contributed by atoms with van der Waals surface area (Å²) in [4.78, 5) is 23.8. The second kappa shape index (κ2) is 8.15. The molecular weight excluding hydrogens is 306 g/mol. The van der Waals surface area contributed by atoms with Gasteiger partial charge in [0.15, 0.2) is 6.61 Å².